The maximum atomic E-state index is 12.4. The second kappa shape index (κ2) is 5.63. The Morgan fingerprint density at radius 2 is 1.95 bits per heavy atom. The van der Waals surface area contributed by atoms with E-state index in [1.807, 2.05) is 18.2 Å². The van der Waals surface area contributed by atoms with Crippen molar-refractivity contribution in [2.24, 2.45) is 0 Å². The number of benzene rings is 1. The van der Waals surface area contributed by atoms with Crippen molar-refractivity contribution < 1.29 is 14.5 Å². The zero-order valence-electron chi connectivity index (χ0n) is 13.0. The molecule has 2 rings (SSSR count). The van der Waals surface area contributed by atoms with Crippen LogP contribution in [0.25, 0.3) is 17.0 Å². The summed E-state index contributed by atoms with van der Waals surface area (Å²) in [6, 6.07) is 7.24. The summed E-state index contributed by atoms with van der Waals surface area (Å²) in [5.74, 6) is 0. The predicted molar refractivity (Wildman–Crippen MR) is 84.3 cm³/mol. The molecule has 116 valence electrons. The largest absolute Gasteiger partial charge is 0.443 e. The highest BCUT2D eigenvalue weighted by molar-refractivity contribution is 5.97. The second-order valence-electron chi connectivity index (χ2n) is 5.93. The molecule has 22 heavy (non-hydrogen) atoms. The lowest BCUT2D eigenvalue weighted by Gasteiger charge is -2.20. The molecule has 0 saturated carbocycles. The molecule has 2 aromatic rings. The Kier molecular flexibility index (Phi) is 4.03. The minimum absolute atomic E-state index is 0.498. The molecule has 0 N–H and O–H groups in total. The first-order valence-electron chi connectivity index (χ1n) is 6.86. The average molecular weight is 302 g/mol. The SMILES string of the molecule is Cc1c(/C=C/[N+](=O)[O-])c2ccccc2n1C(=O)OC(C)(C)C. The van der Waals surface area contributed by atoms with Gasteiger partial charge < -0.3 is 4.74 Å². The Balaban J connectivity index is 2.62. The molecular weight excluding hydrogens is 284 g/mol. The monoisotopic (exact) mass is 302 g/mol. The van der Waals surface area contributed by atoms with Crippen molar-refractivity contribution in [2.75, 3.05) is 0 Å². The van der Waals surface area contributed by atoms with Gasteiger partial charge in [-0.25, -0.2) is 9.36 Å². The summed E-state index contributed by atoms with van der Waals surface area (Å²) in [7, 11) is 0. The van der Waals surface area contributed by atoms with Gasteiger partial charge in [-0.1, -0.05) is 18.2 Å². The number of rotatable bonds is 2. The van der Waals surface area contributed by atoms with Gasteiger partial charge in [0, 0.05) is 22.7 Å². The van der Waals surface area contributed by atoms with E-state index < -0.39 is 16.6 Å². The Bertz CT molecular complexity index is 766. The minimum atomic E-state index is -0.619. The number of hydrogen-bond acceptors (Lipinski definition) is 4. The highest BCUT2D eigenvalue weighted by atomic mass is 16.6. The van der Waals surface area contributed by atoms with Crippen molar-refractivity contribution in [1.29, 1.82) is 0 Å². The number of nitrogens with zero attached hydrogens (tertiary/aromatic N) is 2. The van der Waals surface area contributed by atoms with E-state index in [1.54, 1.807) is 33.8 Å². The molecule has 0 amide bonds. The maximum absolute atomic E-state index is 12.4. The first-order valence-corrected chi connectivity index (χ1v) is 6.86. The van der Waals surface area contributed by atoms with Gasteiger partial charge in [0.1, 0.15) is 5.60 Å². The van der Waals surface area contributed by atoms with Crippen LogP contribution in [0.1, 0.15) is 32.0 Å². The van der Waals surface area contributed by atoms with Crippen LogP contribution < -0.4 is 0 Å². The summed E-state index contributed by atoms with van der Waals surface area (Å²) < 4.78 is 6.86. The molecule has 0 aliphatic rings. The zero-order valence-corrected chi connectivity index (χ0v) is 13.0. The first-order chi connectivity index (χ1) is 10.2. The van der Waals surface area contributed by atoms with Crippen LogP contribution in [-0.4, -0.2) is 21.2 Å². The van der Waals surface area contributed by atoms with Crippen LogP contribution in [-0.2, 0) is 4.74 Å². The summed E-state index contributed by atoms with van der Waals surface area (Å²) in [5.41, 5.74) is 1.29. The van der Waals surface area contributed by atoms with Gasteiger partial charge in [-0.2, -0.15) is 0 Å². The fraction of sp³-hybridized carbons (Fsp3) is 0.312. The summed E-state index contributed by atoms with van der Waals surface area (Å²) in [6.45, 7) is 7.11. The molecular formula is C16H18N2O4. The van der Waals surface area contributed by atoms with E-state index in [1.165, 1.54) is 10.6 Å². The van der Waals surface area contributed by atoms with E-state index in [0.717, 1.165) is 11.6 Å². The smallest absolute Gasteiger partial charge is 0.419 e. The summed E-state index contributed by atoms with van der Waals surface area (Å²) in [6.07, 6.45) is 1.77. The number of aromatic nitrogens is 1. The lowest BCUT2D eigenvalue weighted by atomic mass is 10.1. The van der Waals surface area contributed by atoms with Gasteiger partial charge in [0.25, 0.3) is 0 Å². The van der Waals surface area contributed by atoms with Crippen molar-refractivity contribution in [3.8, 4) is 0 Å². The van der Waals surface area contributed by atoms with Crippen LogP contribution in [0.5, 0.6) is 0 Å². The van der Waals surface area contributed by atoms with Crippen LogP contribution in [0.4, 0.5) is 4.79 Å². The van der Waals surface area contributed by atoms with Gasteiger partial charge in [0.15, 0.2) is 0 Å². The Morgan fingerprint density at radius 3 is 2.55 bits per heavy atom. The van der Waals surface area contributed by atoms with E-state index in [-0.39, 0.29) is 0 Å². The van der Waals surface area contributed by atoms with E-state index in [4.69, 9.17) is 4.74 Å². The van der Waals surface area contributed by atoms with Crippen molar-refractivity contribution in [3.05, 3.63) is 51.8 Å². The number of carbonyl (C=O) groups is 1. The molecule has 1 heterocycles. The Labute approximate surface area is 128 Å². The summed E-state index contributed by atoms with van der Waals surface area (Å²) in [4.78, 5) is 22.5. The van der Waals surface area contributed by atoms with Gasteiger partial charge in [0.05, 0.1) is 10.4 Å². The molecule has 0 bridgehead atoms. The zero-order chi connectivity index (χ0) is 16.5. The molecule has 0 fully saturated rings. The first kappa shape index (κ1) is 15.8. The molecule has 0 aliphatic carbocycles. The molecule has 0 aliphatic heterocycles. The van der Waals surface area contributed by atoms with E-state index in [2.05, 4.69) is 0 Å². The van der Waals surface area contributed by atoms with Gasteiger partial charge >= 0.3 is 6.09 Å². The molecule has 6 heteroatoms. The third-order valence-electron chi connectivity index (χ3n) is 3.10. The molecule has 6 nitrogen and oxygen atoms in total. The van der Waals surface area contributed by atoms with Crippen LogP contribution in [0.3, 0.4) is 0 Å². The molecule has 0 saturated heterocycles. The highest BCUT2D eigenvalue weighted by Crippen LogP contribution is 2.28. The van der Waals surface area contributed by atoms with E-state index in [0.29, 0.717) is 16.8 Å². The lowest BCUT2D eigenvalue weighted by molar-refractivity contribution is -0.400. The van der Waals surface area contributed by atoms with Crippen LogP contribution in [0.2, 0.25) is 0 Å². The summed E-state index contributed by atoms with van der Waals surface area (Å²) >= 11 is 0. The van der Waals surface area contributed by atoms with E-state index >= 15 is 0 Å². The fourth-order valence-electron chi connectivity index (χ4n) is 2.28. The minimum Gasteiger partial charge on any atom is -0.443 e. The van der Waals surface area contributed by atoms with Gasteiger partial charge in [-0.15, -0.1) is 0 Å². The molecule has 0 spiro atoms. The number of ether oxygens (including phenoxy) is 1. The molecule has 1 aromatic carbocycles. The van der Waals surface area contributed by atoms with Crippen LogP contribution in [0, 0.1) is 17.0 Å². The van der Waals surface area contributed by atoms with Crippen molar-refractivity contribution >= 4 is 23.1 Å². The topological polar surface area (TPSA) is 74.4 Å². The lowest BCUT2D eigenvalue weighted by Crippen LogP contribution is -2.27. The normalized spacial score (nSPS) is 12.0. The second-order valence-corrected chi connectivity index (χ2v) is 5.93. The third-order valence-corrected chi connectivity index (χ3v) is 3.10. The fourth-order valence-corrected chi connectivity index (χ4v) is 2.28. The number of nitro groups is 1. The third kappa shape index (κ3) is 3.16. The number of carbonyl (C=O) groups excluding carboxylic acids is 1. The predicted octanol–water partition coefficient (Wildman–Crippen LogP) is 3.98. The Morgan fingerprint density at radius 1 is 1.32 bits per heavy atom. The van der Waals surface area contributed by atoms with Crippen LogP contribution >= 0.6 is 0 Å². The van der Waals surface area contributed by atoms with Crippen molar-refractivity contribution in [3.63, 3.8) is 0 Å². The van der Waals surface area contributed by atoms with E-state index in [9.17, 15) is 14.9 Å². The van der Waals surface area contributed by atoms with Crippen LogP contribution in [0.15, 0.2) is 30.5 Å². The highest BCUT2D eigenvalue weighted by Gasteiger charge is 2.23. The number of fused-ring (bicyclic) bond motifs is 1. The Hall–Kier alpha value is -2.63. The maximum Gasteiger partial charge on any atom is 0.419 e. The molecule has 0 radical (unpaired) electrons. The van der Waals surface area contributed by atoms with Crippen molar-refractivity contribution in [1.82, 2.24) is 4.57 Å². The number of para-hydroxylation sites is 1. The standard InChI is InChI=1S/C16H18N2O4/c1-11-12(9-10-17(20)21)13-7-5-6-8-14(13)18(11)15(19)22-16(2,3)4/h5-10H,1-4H3/b10-9+. The van der Waals surface area contributed by atoms with Crippen molar-refractivity contribution in [2.45, 2.75) is 33.3 Å². The number of hydrogen-bond donors (Lipinski definition) is 0. The molecule has 1 aromatic heterocycles. The molecule has 0 unspecified atom stereocenters. The van der Waals surface area contributed by atoms with Gasteiger partial charge in [0.2, 0.25) is 6.20 Å². The summed E-state index contributed by atoms with van der Waals surface area (Å²) in [5, 5.41) is 11.3. The molecule has 0 atom stereocenters. The van der Waals surface area contributed by atoms with Gasteiger partial charge in [-0.05, 0) is 33.8 Å². The van der Waals surface area contributed by atoms with Gasteiger partial charge in [-0.3, -0.25) is 10.1 Å². The quantitative estimate of drug-likeness (QED) is 0.621. The average Bonchev–Trinajstić information content (AvgIpc) is 2.66.